The van der Waals surface area contributed by atoms with E-state index in [0.29, 0.717) is 5.56 Å². The fourth-order valence-electron chi connectivity index (χ4n) is 2.46. The van der Waals surface area contributed by atoms with E-state index in [2.05, 4.69) is 6.07 Å². The van der Waals surface area contributed by atoms with E-state index in [1.54, 1.807) is 30.1 Å². The minimum Gasteiger partial charge on any atom is -0.317 e. The van der Waals surface area contributed by atoms with E-state index in [0.717, 1.165) is 31.4 Å². The minimum absolute atomic E-state index is 0.0601. The number of carbonyl (C=O) groups is 1. The van der Waals surface area contributed by atoms with E-state index in [-0.39, 0.29) is 5.91 Å². The van der Waals surface area contributed by atoms with Gasteiger partial charge in [-0.1, -0.05) is 18.9 Å². The Bertz CT molecular complexity index is 498. The van der Waals surface area contributed by atoms with Gasteiger partial charge in [0.05, 0.1) is 17.2 Å². The number of hydrogen-bond donors (Lipinski definition) is 1. The summed E-state index contributed by atoms with van der Waals surface area (Å²) in [5.41, 5.74) is 6.69. The SMILES string of the molecule is CN(C(=O)C1(N)CCCC1)c1cccc(C#N)c1. The fraction of sp³-hybridized carbons (Fsp3) is 0.429. The number of rotatable bonds is 2. The van der Waals surface area contributed by atoms with Gasteiger partial charge in [0, 0.05) is 12.7 Å². The maximum absolute atomic E-state index is 12.4. The Balaban J connectivity index is 2.23. The molecule has 0 radical (unpaired) electrons. The Morgan fingerprint density at radius 1 is 1.44 bits per heavy atom. The molecule has 1 aromatic carbocycles. The zero-order valence-corrected chi connectivity index (χ0v) is 10.5. The van der Waals surface area contributed by atoms with Gasteiger partial charge in [0.2, 0.25) is 5.91 Å². The van der Waals surface area contributed by atoms with Crippen LogP contribution in [0.25, 0.3) is 0 Å². The molecule has 4 heteroatoms. The fourth-order valence-corrected chi connectivity index (χ4v) is 2.46. The van der Waals surface area contributed by atoms with Crippen LogP contribution in [0.4, 0.5) is 5.69 Å². The van der Waals surface area contributed by atoms with Crippen LogP contribution in [0.15, 0.2) is 24.3 Å². The van der Waals surface area contributed by atoms with E-state index in [4.69, 9.17) is 11.0 Å². The number of carbonyl (C=O) groups excluding carboxylic acids is 1. The first-order chi connectivity index (χ1) is 8.57. The van der Waals surface area contributed by atoms with E-state index in [1.807, 2.05) is 6.07 Å². The van der Waals surface area contributed by atoms with Crippen LogP contribution >= 0.6 is 0 Å². The topological polar surface area (TPSA) is 70.1 Å². The molecule has 1 aliphatic carbocycles. The molecule has 0 unspecified atom stereocenters. The highest BCUT2D eigenvalue weighted by molar-refractivity contribution is 5.99. The molecule has 1 saturated carbocycles. The van der Waals surface area contributed by atoms with Crippen LogP contribution in [0.2, 0.25) is 0 Å². The first kappa shape index (κ1) is 12.6. The predicted octanol–water partition coefficient (Wildman–Crippen LogP) is 1.79. The maximum atomic E-state index is 12.4. The number of nitrogens with zero attached hydrogens (tertiary/aromatic N) is 2. The molecule has 0 aromatic heterocycles. The van der Waals surface area contributed by atoms with E-state index >= 15 is 0 Å². The number of hydrogen-bond acceptors (Lipinski definition) is 3. The van der Waals surface area contributed by atoms with Crippen molar-refractivity contribution in [3.05, 3.63) is 29.8 Å². The van der Waals surface area contributed by atoms with Crippen molar-refractivity contribution in [2.75, 3.05) is 11.9 Å². The minimum atomic E-state index is -0.725. The molecule has 0 saturated heterocycles. The predicted molar refractivity (Wildman–Crippen MR) is 70.0 cm³/mol. The third kappa shape index (κ3) is 2.22. The molecular weight excluding hydrogens is 226 g/mol. The van der Waals surface area contributed by atoms with Gasteiger partial charge < -0.3 is 10.6 Å². The lowest BCUT2D eigenvalue weighted by Gasteiger charge is -2.28. The van der Waals surface area contributed by atoms with Gasteiger partial charge in [-0.15, -0.1) is 0 Å². The van der Waals surface area contributed by atoms with Crippen molar-refractivity contribution in [1.82, 2.24) is 0 Å². The molecule has 1 aliphatic rings. The highest BCUT2D eigenvalue weighted by atomic mass is 16.2. The molecule has 1 amide bonds. The number of nitrogens with two attached hydrogens (primary N) is 1. The van der Waals surface area contributed by atoms with Crippen LogP contribution in [-0.2, 0) is 4.79 Å². The lowest BCUT2D eigenvalue weighted by Crippen LogP contribution is -2.52. The molecule has 18 heavy (non-hydrogen) atoms. The molecule has 0 bridgehead atoms. The van der Waals surface area contributed by atoms with Crippen LogP contribution in [0.5, 0.6) is 0 Å². The Labute approximate surface area is 107 Å². The summed E-state index contributed by atoms with van der Waals surface area (Å²) < 4.78 is 0. The summed E-state index contributed by atoms with van der Waals surface area (Å²) in [4.78, 5) is 13.9. The zero-order chi connectivity index (χ0) is 13.2. The lowest BCUT2D eigenvalue weighted by molar-refractivity contribution is -0.123. The second-order valence-corrected chi connectivity index (χ2v) is 4.89. The van der Waals surface area contributed by atoms with E-state index < -0.39 is 5.54 Å². The summed E-state index contributed by atoms with van der Waals surface area (Å²) >= 11 is 0. The largest absolute Gasteiger partial charge is 0.317 e. The van der Waals surface area contributed by atoms with Crippen molar-refractivity contribution in [2.24, 2.45) is 5.73 Å². The normalized spacial score (nSPS) is 17.2. The molecule has 2 N–H and O–H groups in total. The summed E-state index contributed by atoms with van der Waals surface area (Å²) in [6.07, 6.45) is 3.50. The van der Waals surface area contributed by atoms with Crippen molar-refractivity contribution in [3.63, 3.8) is 0 Å². The van der Waals surface area contributed by atoms with Crippen LogP contribution in [-0.4, -0.2) is 18.5 Å². The average Bonchev–Trinajstić information content (AvgIpc) is 2.85. The Kier molecular flexibility index (Phi) is 3.35. The van der Waals surface area contributed by atoms with Gasteiger partial charge in [-0.25, -0.2) is 0 Å². The van der Waals surface area contributed by atoms with E-state index in [9.17, 15) is 4.79 Å². The summed E-state index contributed by atoms with van der Waals surface area (Å²) in [6, 6.07) is 9.08. The van der Waals surface area contributed by atoms with Gasteiger partial charge in [-0.2, -0.15) is 5.26 Å². The Morgan fingerprint density at radius 3 is 2.72 bits per heavy atom. The first-order valence-corrected chi connectivity index (χ1v) is 6.14. The number of likely N-dealkylation sites (N-methyl/N-ethyl adjacent to an activating group) is 1. The number of anilines is 1. The van der Waals surface area contributed by atoms with Gasteiger partial charge in [-0.3, -0.25) is 4.79 Å². The van der Waals surface area contributed by atoms with Crippen LogP contribution in [0, 0.1) is 11.3 Å². The van der Waals surface area contributed by atoms with Crippen molar-refractivity contribution in [1.29, 1.82) is 5.26 Å². The standard InChI is InChI=1S/C14H17N3O/c1-17(12-6-4-5-11(9-12)10-15)13(18)14(16)7-2-3-8-14/h4-6,9H,2-3,7-8,16H2,1H3. The van der Waals surface area contributed by atoms with Gasteiger partial charge in [-0.05, 0) is 31.0 Å². The quantitative estimate of drug-likeness (QED) is 0.860. The molecule has 0 aliphatic heterocycles. The van der Waals surface area contributed by atoms with Gasteiger partial charge in [0.25, 0.3) is 0 Å². The summed E-state index contributed by atoms with van der Waals surface area (Å²) in [5, 5.41) is 8.87. The van der Waals surface area contributed by atoms with Crippen molar-refractivity contribution < 1.29 is 4.79 Å². The van der Waals surface area contributed by atoms with Crippen molar-refractivity contribution in [2.45, 2.75) is 31.2 Å². The second kappa shape index (κ2) is 4.79. The van der Waals surface area contributed by atoms with Crippen LogP contribution in [0.3, 0.4) is 0 Å². The van der Waals surface area contributed by atoms with Crippen molar-refractivity contribution >= 4 is 11.6 Å². The van der Waals surface area contributed by atoms with Gasteiger partial charge in [0.1, 0.15) is 0 Å². The Hall–Kier alpha value is -1.86. The third-order valence-corrected chi connectivity index (χ3v) is 3.59. The smallest absolute Gasteiger partial charge is 0.246 e. The lowest BCUT2D eigenvalue weighted by atomic mass is 9.97. The zero-order valence-electron chi connectivity index (χ0n) is 10.5. The monoisotopic (exact) mass is 243 g/mol. The van der Waals surface area contributed by atoms with Crippen LogP contribution < -0.4 is 10.6 Å². The summed E-state index contributed by atoms with van der Waals surface area (Å²) in [7, 11) is 1.71. The summed E-state index contributed by atoms with van der Waals surface area (Å²) in [5.74, 6) is -0.0601. The molecular formula is C14H17N3O. The highest BCUT2D eigenvalue weighted by Crippen LogP contribution is 2.30. The number of nitriles is 1. The van der Waals surface area contributed by atoms with E-state index in [1.165, 1.54) is 0 Å². The number of benzene rings is 1. The average molecular weight is 243 g/mol. The molecule has 94 valence electrons. The molecule has 0 spiro atoms. The Morgan fingerprint density at radius 2 is 2.11 bits per heavy atom. The molecule has 4 nitrogen and oxygen atoms in total. The van der Waals surface area contributed by atoms with Crippen LogP contribution in [0.1, 0.15) is 31.2 Å². The highest BCUT2D eigenvalue weighted by Gasteiger charge is 2.39. The molecule has 2 rings (SSSR count). The molecule has 1 aromatic rings. The second-order valence-electron chi connectivity index (χ2n) is 4.89. The first-order valence-electron chi connectivity index (χ1n) is 6.14. The van der Waals surface area contributed by atoms with Gasteiger partial charge in [0.15, 0.2) is 0 Å². The van der Waals surface area contributed by atoms with Crippen molar-refractivity contribution in [3.8, 4) is 6.07 Å². The molecule has 0 heterocycles. The third-order valence-electron chi connectivity index (χ3n) is 3.59. The maximum Gasteiger partial charge on any atom is 0.246 e. The number of amides is 1. The molecule has 1 fully saturated rings. The molecule has 0 atom stereocenters. The summed E-state index contributed by atoms with van der Waals surface area (Å²) in [6.45, 7) is 0. The van der Waals surface area contributed by atoms with Gasteiger partial charge >= 0.3 is 0 Å².